The highest BCUT2D eigenvalue weighted by Gasteiger charge is 2.17. The highest BCUT2D eigenvalue weighted by Crippen LogP contribution is 2.26. The number of primary amides is 1. The molecule has 7 N–H and O–H groups in total. The maximum Gasteiger partial charge on any atom is 0.238 e. The van der Waals surface area contributed by atoms with Crippen molar-refractivity contribution in [2.24, 2.45) is 10.9 Å². The summed E-state index contributed by atoms with van der Waals surface area (Å²) >= 11 is 0. The Morgan fingerprint density at radius 2 is 2.00 bits per heavy atom. The molecule has 19 heavy (non-hydrogen) atoms. The van der Waals surface area contributed by atoms with E-state index in [1.54, 1.807) is 19.9 Å². The van der Waals surface area contributed by atoms with E-state index < -0.39 is 15.9 Å². The first-order valence-electron chi connectivity index (χ1n) is 5.59. The quantitative estimate of drug-likeness (QED) is 0.559. The van der Waals surface area contributed by atoms with Gasteiger partial charge in [-0.1, -0.05) is 0 Å². The van der Waals surface area contributed by atoms with Gasteiger partial charge in [-0.2, -0.15) is 0 Å². The van der Waals surface area contributed by atoms with Gasteiger partial charge in [-0.25, -0.2) is 13.6 Å². The molecule has 0 radical (unpaired) electrons. The van der Waals surface area contributed by atoms with Crippen molar-refractivity contribution >= 4 is 27.3 Å². The topological polar surface area (TPSA) is 141 Å². The molecule has 0 aliphatic rings. The van der Waals surface area contributed by atoms with Crippen molar-refractivity contribution in [3.8, 4) is 0 Å². The smallest absolute Gasteiger partial charge is 0.238 e. The molecule has 0 aromatic heterocycles. The summed E-state index contributed by atoms with van der Waals surface area (Å²) < 4.78 is 22.9. The lowest BCUT2D eigenvalue weighted by Crippen LogP contribution is -2.25. The maximum absolute atomic E-state index is 11.4. The van der Waals surface area contributed by atoms with Gasteiger partial charge in [-0.3, -0.25) is 4.79 Å². The minimum Gasteiger partial charge on any atom is -0.399 e. The SMILES string of the molecule is Cc1c(NC(C)CC(N)=O)cc(N)cc1S(N)(=O)=O. The summed E-state index contributed by atoms with van der Waals surface area (Å²) in [5.74, 6) is -0.451. The van der Waals surface area contributed by atoms with Gasteiger partial charge in [0.25, 0.3) is 0 Å². The highest BCUT2D eigenvalue weighted by molar-refractivity contribution is 7.89. The third kappa shape index (κ3) is 4.11. The van der Waals surface area contributed by atoms with Gasteiger partial charge < -0.3 is 16.8 Å². The van der Waals surface area contributed by atoms with Gasteiger partial charge in [0, 0.05) is 23.8 Å². The molecule has 1 rings (SSSR count). The molecule has 0 aliphatic heterocycles. The summed E-state index contributed by atoms with van der Waals surface area (Å²) in [6, 6.07) is 2.64. The van der Waals surface area contributed by atoms with E-state index in [-0.39, 0.29) is 23.0 Å². The Morgan fingerprint density at radius 3 is 2.47 bits per heavy atom. The molecule has 0 fully saturated rings. The number of nitrogen functional groups attached to an aromatic ring is 1. The third-order valence-corrected chi connectivity index (χ3v) is 3.64. The first kappa shape index (κ1) is 15.3. The average molecular weight is 286 g/mol. The number of benzene rings is 1. The van der Waals surface area contributed by atoms with Crippen LogP contribution in [0.15, 0.2) is 17.0 Å². The predicted molar refractivity (Wildman–Crippen MR) is 73.9 cm³/mol. The lowest BCUT2D eigenvalue weighted by Gasteiger charge is -2.18. The molecule has 0 heterocycles. The molecule has 106 valence electrons. The molecular weight excluding hydrogens is 268 g/mol. The van der Waals surface area contributed by atoms with Crippen molar-refractivity contribution in [2.45, 2.75) is 31.2 Å². The van der Waals surface area contributed by atoms with Crippen LogP contribution in [0.5, 0.6) is 0 Å². The first-order valence-corrected chi connectivity index (χ1v) is 7.13. The van der Waals surface area contributed by atoms with Gasteiger partial charge in [-0.05, 0) is 31.5 Å². The third-order valence-electron chi connectivity index (χ3n) is 2.60. The van der Waals surface area contributed by atoms with Crippen molar-refractivity contribution in [3.05, 3.63) is 17.7 Å². The first-order chi connectivity index (χ1) is 8.61. The summed E-state index contributed by atoms with van der Waals surface area (Å²) in [5.41, 5.74) is 12.0. The summed E-state index contributed by atoms with van der Waals surface area (Å²) in [6.07, 6.45) is 0.124. The standard InChI is InChI=1S/C11H18N4O3S/c1-6(3-11(13)16)15-9-4-8(12)5-10(7(9)2)19(14,17)18/h4-6,15H,3,12H2,1-2H3,(H2,13,16)(H2,14,17,18). The van der Waals surface area contributed by atoms with Crippen LogP contribution in [-0.2, 0) is 14.8 Å². The van der Waals surface area contributed by atoms with Crippen LogP contribution in [0.25, 0.3) is 0 Å². The minimum absolute atomic E-state index is 0.0405. The molecule has 1 amide bonds. The van der Waals surface area contributed by atoms with Gasteiger partial charge >= 0.3 is 0 Å². The molecule has 1 aromatic carbocycles. The van der Waals surface area contributed by atoms with Crippen LogP contribution in [0.1, 0.15) is 18.9 Å². The van der Waals surface area contributed by atoms with Crippen LogP contribution in [0.2, 0.25) is 0 Å². The van der Waals surface area contributed by atoms with E-state index in [4.69, 9.17) is 16.6 Å². The number of carbonyl (C=O) groups excluding carboxylic acids is 1. The van der Waals surface area contributed by atoms with Crippen molar-refractivity contribution in [1.82, 2.24) is 0 Å². The van der Waals surface area contributed by atoms with Crippen LogP contribution in [0.3, 0.4) is 0 Å². The van der Waals surface area contributed by atoms with Gasteiger partial charge in [0.1, 0.15) is 0 Å². The summed E-state index contributed by atoms with van der Waals surface area (Å²) in [5, 5.41) is 8.12. The number of primary sulfonamides is 1. The van der Waals surface area contributed by atoms with E-state index in [9.17, 15) is 13.2 Å². The van der Waals surface area contributed by atoms with E-state index >= 15 is 0 Å². The number of nitrogens with one attached hydrogen (secondary N) is 1. The Balaban J connectivity index is 3.16. The summed E-state index contributed by atoms with van der Waals surface area (Å²) in [7, 11) is -3.85. The number of hydrogen-bond acceptors (Lipinski definition) is 5. The van der Waals surface area contributed by atoms with Crippen LogP contribution in [0.4, 0.5) is 11.4 Å². The zero-order valence-electron chi connectivity index (χ0n) is 10.8. The van der Waals surface area contributed by atoms with Crippen LogP contribution < -0.4 is 21.9 Å². The van der Waals surface area contributed by atoms with Crippen LogP contribution in [0, 0.1) is 6.92 Å². The second-order valence-corrected chi connectivity index (χ2v) is 5.98. The van der Waals surface area contributed by atoms with E-state index in [0.29, 0.717) is 11.3 Å². The number of nitrogens with two attached hydrogens (primary N) is 3. The fourth-order valence-corrected chi connectivity index (χ4v) is 2.61. The van der Waals surface area contributed by atoms with E-state index in [1.807, 2.05) is 0 Å². The molecule has 0 spiro atoms. The largest absolute Gasteiger partial charge is 0.399 e. The Labute approximate surface area is 112 Å². The normalized spacial score (nSPS) is 13.0. The van der Waals surface area contributed by atoms with Crippen molar-refractivity contribution in [3.63, 3.8) is 0 Å². The van der Waals surface area contributed by atoms with Crippen molar-refractivity contribution in [2.75, 3.05) is 11.1 Å². The Kier molecular flexibility index (Phi) is 4.38. The van der Waals surface area contributed by atoms with Gasteiger partial charge in [0.2, 0.25) is 15.9 Å². The second kappa shape index (κ2) is 5.45. The zero-order valence-corrected chi connectivity index (χ0v) is 11.6. The number of rotatable bonds is 5. The number of amides is 1. The van der Waals surface area contributed by atoms with Gasteiger partial charge in [-0.15, -0.1) is 0 Å². The molecule has 0 saturated carbocycles. The second-order valence-electron chi connectivity index (χ2n) is 4.45. The Hall–Kier alpha value is -1.80. The van der Waals surface area contributed by atoms with E-state index in [0.717, 1.165) is 0 Å². The summed E-state index contributed by atoms with van der Waals surface area (Å²) in [6.45, 7) is 3.36. The van der Waals surface area contributed by atoms with Crippen LogP contribution in [-0.4, -0.2) is 20.4 Å². The monoisotopic (exact) mass is 286 g/mol. The zero-order chi connectivity index (χ0) is 14.8. The molecule has 0 saturated heterocycles. The number of sulfonamides is 1. The molecule has 7 nitrogen and oxygen atoms in total. The fraction of sp³-hybridized carbons (Fsp3) is 0.364. The van der Waals surface area contributed by atoms with Gasteiger partial charge in [0.05, 0.1) is 4.90 Å². The Bertz CT molecular complexity index is 598. The van der Waals surface area contributed by atoms with E-state index in [1.165, 1.54) is 6.07 Å². The molecule has 1 unspecified atom stereocenters. The van der Waals surface area contributed by atoms with Crippen molar-refractivity contribution < 1.29 is 13.2 Å². The number of hydrogen-bond donors (Lipinski definition) is 4. The van der Waals surface area contributed by atoms with Gasteiger partial charge in [0.15, 0.2) is 0 Å². The summed E-state index contributed by atoms with van der Waals surface area (Å²) in [4.78, 5) is 10.8. The Morgan fingerprint density at radius 1 is 1.42 bits per heavy atom. The minimum atomic E-state index is -3.85. The molecular formula is C11H18N4O3S. The molecule has 1 aromatic rings. The van der Waals surface area contributed by atoms with Crippen molar-refractivity contribution in [1.29, 1.82) is 0 Å². The lowest BCUT2D eigenvalue weighted by molar-refractivity contribution is -0.118. The maximum atomic E-state index is 11.4. The lowest BCUT2D eigenvalue weighted by atomic mass is 10.1. The fourth-order valence-electron chi connectivity index (χ4n) is 1.77. The molecule has 0 bridgehead atoms. The number of carbonyl (C=O) groups is 1. The molecule has 0 aliphatic carbocycles. The number of anilines is 2. The van der Waals surface area contributed by atoms with Crippen LogP contribution >= 0.6 is 0 Å². The molecule has 1 atom stereocenters. The average Bonchev–Trinajstić information content (AvgIpc) is 2.19. The van der Waals surface area contributed by atoms with E-state index in [2.05, 4.69) is 5.32 Å². The highest BCUT2D eigenvalue weighted by atomic mass is 32.2. The molecule has 8 heteroatoms. The predicted octanol–water partition coefficient (Wildman–Crippen LogP) is -0.0996.